The van der Waals surface area contributed by atoms with E-state index in [1.54, 1.807) is 36.4 Å². The molecule has 2 aromatic carbocycles. The van der Waals surface area contributed by atoms with Gasteiger partial charge >= 0.3 is 7.60 Å². The first-order valence-electron chi connectivity index (χ1n) is 9.01. The van der Waals surface area contributed by atoms with Crippen molar-refractivity contribution in [1.29, 1.82) is 0 Å². The first-order chi connectivity index (χ1) is 13.0. The van der Waals surface area contributed by atoms with E-state index in [0.717, 1.165) is 0 Å². The lowest BCUT2D eigenvalue weighted by atomic mass is 10.2. The van der Waals surface area contributed by atoms with E-state index in [9.17, 15) is 9.36 Å². The molecule has 1 amide bonds. The van der Waals surface area contributed by atoms with E-state index < -0.39 is 19.3 Å². The van der Waals surface area contributed by atoms with Gasteiger partial charge in [0.25, 0.3) is 5.91 Å². The highest BCUT2D eigenvalue weighted by Gasteiger charge is 2.38. The molecule has 0 aliphatic carbocycles. The van der Waals surface area contributed by atoms with Crippen LogP contribution in [0.5, 0.6) is 0 Å². The molecular formula is C20H25ClNO4P. The molecule has 0 heterocycles. The summed E-state index contributed by atoms with van der Waals surface area (Å²) in [7, 11) is -3.65. The van der Waals surface area contributed by atoms with Crippen molar-refractivity contribution < 1.29 is 18.4 Å². The average Bonchev–Trinajstić information content (AvgIpc) is 2.69. The lowest BCUT2D eigenvalue weighted by Crippen LogP contribution is -2.30. The predicted octanol–water partition coefficient (Wildman–Crippen LogP) is 5.81. The highest BCUT2D eigenvalue weighted by Crippen LogP contribution is 2.59. The summed E-state index contributed by atoms with van der Waals surface area (Å²) < 4.78 is 24.9. The van der Waals surface area contributed by atoms with Crippen LogP contribution < -0.4 is 5.32 Å². The van der Waals surface area contributed by atoms with Gasteiger partial charge in [-0.15, -0.1) is 0 Å². The van der Waals surface area contributed by atoms with Gasteiger partial charge < -0.3 is 14.4 Å². The zero-order valence-electron chi connectivity index (χ0n) is 15.6. The SMILES string of the molecule is CCCOP(=O)(OCCC)C(NC(=O)c1ccccc1Cl)c1ccccc1. The molecule has 0 fully saturated rings. The van der Waals surface area contributed by atoms with Gasteiger partial charge in [0, 0.05) is 0 Å². The van der Waals surface area contributed by atoms with E-state index in [-0.39, 0.29) is 13.2 Å². The zero-order chi connectivity index (χ0) is 19.7. The first-order valence-corrected chi connectivity index (χ1v) is 11.0. The van der Waals surface area contributed by atoms with E-state index >= 15 is 0 Å². The van der Waals surface area contributed by atoms with Gasteiger partial charge in [-0.05, 0) is 30.5 Å². The van der Waals surface area contributed by atoms with E-state index in [1.807, 2.05) is 32.0 Å². The predicted molar refractivity (Wildman–Crippen MR) is 108 cm³/mol. The van der Waals surface area contributed by atoms with Gasteiger partial charge in [0.1, 0.15) is 0 Å². The van der Waals surface area contributed by atoms with Crippen molar-refractivity contribution in [1.82, 2.24) is 5.32 Å². The molecule has 2 aromatic rings. The smallest absolute Gasteiger partial charge is 0.334 e. The average molecular weight is 410 g/mol. The second-order valence-electron chi connectivity index (χ2n) is 5.97. The van der Waals surface area contributed by atoms with Crippen LogP contribution in [-0.4, -0.2) is 19.1 Å². The Balaban J connectivity index is 2.39. The molecule has 0 spiro atoms. The second-order valence-corrected chi connectivity index (χ2v) is 8.49. The summed E-state index contributed by atoms with van der Waals surface area (Å²) in [6.07, 6.45) is 1.36. The molecular weight excluding hydrogens is 385 g/mol. The molecule has 1 unspecified atom stereocenters. The number of carbonyl (C=O) groups excluding carboxylic acids is 1. The Morgan fingerprint density at radius 2 is 1.56 bits per heavy atom. The Kier molecular flexibility index (Phi) is 8.52. The van der Waals surface area contributed by atoms with Gasteiger partial charge in [0.05, 0.1) is 23.8 Å². The Bertz CT molecular complexity index is 773. The van der Waals surface area contributed by atoms with E-state index in [4.69, 9.17) is 20.6 Å². The molecule has 0 aromatic heterocycles. The van der Waals surface area contributed by atoms with Crippen LogP contribution in [0.2, 0.25) is 5.02 Å². The number of benzene rings is 2. The maximum atomic E-state index is 13.6. The molecule has 0 radical (unpaired) electrons. The van der Waals surface area contributed by atoms with E-state index in [1.165, 1.54) is 0 Å². The minimum atomic E-state index is -3.65. The summed E-state index contributed by atoms with van der Waals surface area (Å²) in [5.41, 5.74) is 0.950. The maximum absolute atomic E-state index is 13.6. The number of hydrogen-bond acceptors (Lipinski definition) is 4. The molecule has 1 N–H and O–H groups in total. The normalized spacial score (nSPS) is 12.6. The van der Waals surface area contributed by atoms with Crippen LogP contribution in [0.25, 0.3) is 0 Å². The largest absolute Gasteiger partial charge is 0.357 e. The van der Waals surface area contributed by atoms with Crippen LogP contribution in [0.4, 0.5) is 0 Å². The molecule has 0 saturated carbocycles. The van der Waals surface area contributed by atoms with Crippen molar-refractivity contribution in [3.8, 4) is 0 Å². The molecule has 7 heteroatoms. The molecule has 1 atom stereocenters. The third-order valence-electron chi connectivity index (χ3n) is 3.77. The maximum Gasteiger partial charge on any atom is 0.357 e. The number of amides is 1. The van der Waals surface area contributed by atoms with Crippen LogP contribution in [0, 0.1) is 0 Å². The summed E-state index contributed by atoms with van der Waals surface area (Å²) in [4.78, 5) is 12.8. The van der Waals surface area contributed by atoms with E-state index in [2.05, 4.69) is 5.32 Å². The monoisotopic (exact) mass is 409 g/mol. The molecule has 0 aliphatic rings. The summed E-state index contributed by atoms with van der Waals surface area (Å²) in [5, 5.41) is 3.13. The summed E-state index contributed by atoms with van der Waals surface area (Å²) in [6, 6.07) is 15.8. The molecule has 146 valence electrons. The number of rotatable bonds is 10. The molecule has 5 nitrogen and oxygen atoms in total. The minimum Gasteiger partial charge on any atom is -0.334 e. The van der Waals surface area contributed by atoms with Gasteiger partial charge in [-0.1, -0.05) is 67.9 Å². The first kappa shape index (κ1) is 21.6. The van der Waals surface area contributed by atoms with Crippen molar-refractivity contribution in [2.45, 2.75) is 32.5 Å². The number of halogens is 1. The zero-order valence-corrected chi connectivity index (χ0v) is 17.2. The van der Waals surface area contributed by atoms with Gasteiger partial charge in [0.2, 0.25) is 0 Å². The van der Waals surface area contributed by atoms with Crippen molar-refractivity contribution in [2.75, 3.05) is 13.2 Å². The fraction of sp³-hybridized carbons (Fsp3) is 0.350. The Morgan fingerprint density at radius 1 is 1.00 bits per heavy atom. The minimum absolute atomic E-state index is 0.270. The third kappa shape index (κ3) is 5.91. The lowest BCUT2D eigenvalue weighted by molar-refractivity contribution is 0.0936. The Morgan fingerprint density at radius 3 is 2.11 bits per heavy atom. The summed E-state index contributed by atoms with van der Waals surface area (Å²) in [5.74, 6) is -1.37. The van der Waals surface area contributed by atoms with Crippen LogP contribution in [0.15, 0.2) is 54.6 Å². The van der Waals surface area contributed by atoms with Crippen LogP contribution in [-0.2, 0) is 13.6 Å². The molecule has 0 saturated heterocycles. The standard InChI is InChI=1S/C20H25ClNO4P/c1-3-14-25-27(24,26-15-4-2)20(16-10-6-5-7-11-16)22-19(23)17-12-8-9-13-18(17)21/h5-13,20H,3-4,14-15H2,1-2H3,(H,22,23). The highest BCUT2D eigenvalue weighted by molar-refractivity contribution is 7.54. The van der Waals surface area contributed by atoms with Crippen LogP contribution >= 0.6 is 19.2 Å². The number of carbonyl (C=O) groups is 1. The van der Waals surface area contributed by atoms with Gasteiger partial charge in [-0.2, -0.15) is 0 Å². The molecule has 2 rings (SSSR count). The third-order valence-corrected chi connectivity index (χ3v) is 6.24. The summed E-state index contributed by atoms with van der Waals surface area (Å²) in [6.45, 7) is 4.38. The fourth-order valence-corrected chi connectivity index (χ4v) is 4.73. The lowest BCUT2D eigenvalue weighted by Gasteiger charge is -2.28. The Hall–Kier alpha value is -1.65. The van der Waals surface area contributed by atoms with Gasteiger partial charge in [0.15, 0.2) is 5.78 Å². The van der Waals surface area contributed by atoms with Crippen molar-refractivity contribution in [2.24, 2.45) is 0 Å². The Labute approximate surface area is 165 Å². The highest BCUT2D eigenvalue weighted by atomic mass is 35.5. The number of nitrogens with one attached hydrogen (secondary N) is 1. The van der Waals surface area contributed by atoms with Crippen molar-refractivity contribution >= 4 is 25.1 Å². The number of hydrogen-bond donors (Lipinski definition) is 1. The van der Waals surface area contributed by atoms with E-state index in [0.29, 0.717) is 29.0 Å². The fourth-order valence-electron chi connectivity index (χ4n) is 2.45. The van der Waals surface area contributed by atoms with Gasteiger partial charge in [-0.25, -0.2) is 0 Å². The quantitative estimate of drug-likeness (QED) is 0.502. The van der Waals surface area contributed by atoms with Crippen molar-refractivity contribution in [3.05, 3.63) is 70.7 Å². The van der Waals surface area contributed by atoms with Crippen molar-refractivity contribution in [3.63, 3.8) is 0 Å². The molecule has 0 aliphatic heterocycles. The van der Waals surface area contributed by atoms with Crippen LogP contribution in [0.1, 0.15) is 48.4 Å². The second kappa shape index (κ2) is 10.6. The van der Waals surface area contributed by atoms with Gasteiger partial charge in [-0.3, -0.25) is 9.36 Å². The molecule has 27 heavy (non-hydrogen) atoms. The summed E-state index contributed by atoms with van der Waals surface area (Å²) >= 11 is 6.14. The van der Waals surface area contributed by atoms with Crippen LogP contribution in [0.3, 0.4) is 0 Å². The molecule has 0 bridgehead atoms. The topological polar surface area (TPSA) is 64.6 Å².